The molecule has 1 N–H and O–H groups in total. The maximum Gasteiger partial charge on any atom is 0.430 e. The fourth-order valence-electron chi connectivity index (χ4n) is 3.08. The Balaban J connectivity index is 2.15. The molecule has 0 bridgehead atoms. The summed E-state index contributed by atoms with van der Waals surface area (Å²) in [5, 5.41) is 9.47. The van der Waals surface area contributed by atoms with E-state index < -0.39 is 23.5 Å². The fraction of sp³-hybridized carbons (Fsp3) is 0.455. The van der Waals surface area contributed by atoms with Gasteiger partial charge in [0.25, 0.3) is 5.60 Å². The van der Waals surface area contributed by atoms with Gasteiger partial charge in [0, 0.05) is 25.2 Å². The number of alkyl halides is 6. The van der Waals surface area contributed by atoms with Gasteiger partial charge in [-0.1, -0.05) is 55.5 Å². The minimum Gasteiger partial charge on any atom is -0.369 e. The van der Waals surface area contributed by atoms with Crippen LogP contribution in [0, 0.1) is 0 Å². The third-order valence-electron chi connectivity index (χ3n) is 5.27. The Labute approximate surface area is 177 Å². The van der Waals surface area contributed by atoms with Crippen LogP contribution in [0.2, 0.25) is 0 Å². The number of halogens is 6. The van der Waals surface area contributed by atoms with E-state index in [4.69, 9.17) is 0 Å². The van der Waals surface area contributed by atoms with Crippen LogP contribution in [0.4, 0.5) is 26.3 Å². The Hall–Kier alpha value is -2.10. The predicted molar refractivity (Wildman–Crippen MR) is 107 cm³/mol. The highest BCUT2D eigenvalue weighted by Crippen LogP contribution is 2.50. The molecule has 2 aromatic rings. The lowest BCUT2D eigenvalue weighted by Gasteiger charge is -2.32. The van der Waals surface area contributed by atoms with E-state index in [1.54, 1.807) is 12.1 Å². The maximum atomic E-state index is 13.0. The van der Waals surface area contributed by atoms with Crippen molar-refractivity contribution in [1.29, 1.82) is 0 Å². The third-order valence-corrected chi connectivity index (χ3v) is 5.27. The van der Waals surface area contributed by atoms with Crippen molar-refractivity contribution in [2.75, 3.05) is 33.7 Å². The van der Waals surface area contributed by atoms with Crippen LogP contribution in [-0.4, -0.2) is 61.0 Å². The van der Waals surface area contributed by atoms with Gasteiger partial charge in [-0.25, -0.2) is 0 Å². The smallest absolute Gasteiger partial charge is 0.369 e. The number of hydrogen-bond acceptors (Lipinski definition) is 3. The number of rotatable bonds is 8. The molecule has 0 aliphatic carbocycles. The molecule has 0 aliphatic heterocycles. The first-order chi connectivity index (χ1) is 14.3. The van der Waals surface area contributed by atoms with Gasteiger partial charge < -0.3 is 14.9 Å². The van der Waals surface area contributed by atoms with E-state index in [9.17, 15) is 31.4 Å². The average Bonchev–Trinajstić information content (AvgIpc) is 2.70. The standard InChI is InChI=1S/C22H26F6N2O/c1-4-29(2)13-14-30(3)15-16-5-7-17(8-6-16)18-9-11-19(12-10-18)20(31,21(23,24)25)22(26,27)28/h5-12,31H,4,13-15H2,1-3H3. The lowest BCUT2D eigenvalue weighted by Crippen LogP contribution is -2.53. The van der Waals surface area contributed by atoms with Crippen LogP contribution < -0.4 is 0 Å². The van der Waals surface area contributed by atoms with Crippen LogP contribution in [0.1, 0.15) is 18.1 Å². The molecule has 0 saturated heterocycles. The molecule has 2 aromatic carbocycles. The van der Waals surface area contributed by atoms with Gasteiger partial charge in [-0.15, -0.1) is 0 Å². The average molecular weight is 448 g/mol. The van der Waals surface area contributed by atoms with Crippen molar-refractivity contribution in [3.8, 4) is 11.1 Å². The lowest BCUT2D eigenvalue weighted by molar-refractivity contribution is -0.376. The second-order valence-corrected chi connectivity index (χ2v) is 7.61. The highest BCUT2D eigenvalue weighted by atomic mass is 19.4. The van der Waals surface area contributed by atoms with Crippen LogP contribution in [0.15, 0.2) is 48.5 Å². The molecule has 3 nitrogen and oxygen atoms in total. The van der Waals surface area contributed by atoms with E-state index in [-0.39, 0.29) is 0 Å². The Kier molecular flexibility index (Phi) is 7.78. The number of aliphatic hydroxyl groups is 1. The number of likely N-dealkylation sites (N-methyl/N-ethyl adjacent to an activating group) is 2. The first kappa shape index (κ1) is 25.2. The summed E-state index contributed by atoms with van der Waals surface area (Å²) in [6.45, 7) is 5.57. The van der Waals surface area contributed by atoms with E-state index >= 15 is 0 Å². The topological polar surface area (TPSA) is 26.7 Å². The minimum atomic E-state index is -5.90. The van der Waals surface area contributed by atoms with Crippen molar-refractivity contribution in [2.45, 2.75) is 31.4 Å². The fourth-order valence-corrected chi connectivity index (χ4v) is 3.08. The molecule has 0 unspecified atom stereocenters. The molecule has 31 heavy (non-hydrogen) atoms. The number of nitrogens with zero attached hydrogens (tertiary/aromatic N) is 2. The summed E-state index contributed by atoms with van der Waals surface area (Å²) in [7, 11) is 4.04. The van der Waals surface area contributed by atoms with Gasteiger partial charge >= 0.3 is 12.4 Å². The molecule has 0 aliphatic rings. The molecule has 172 valence electrons. The third kappa shape index (κ3) is 5.78. The van der Waals surface area contributed by atoms with E-state index in [1.165, 1.54) is 0 Å². The van der Waals surface area contributed by atoms with Gasteiger partial charge in [-0.2, -0.15) is 26.3 Å². The number of hydrogen-bond donors (Lipinski definition) is 1. The second-order valence-electron chi connectivity index (χ2n) is 7.61. The Bertz CT molecular complexity index is 817. The van der Waals surface area contributed by atoms with E-state index in [1.807, 2.05) is 26.2 Å². The van der Waals surface area contributed by atoms with Gasteiger partial charge in [-0.3, -0.25) is 0 Å². The highest BCUT2D eigenvalue weighted by Gasteiger charge is 2.71. The van der Waals surface area contributed by atoms with Crippen LogP contribution in [0.3, 0.4) is 0 Å². The molecular weight excluding hydrogens is 422 g/mol. The molecule has 0 aromatic heterocycles. The Morgan fingerprint density at radius 3 is 1.55 bits per heavy atom. The molecule has 0 spiro atoms. The predicted octanol–water partition coefficient (Wildman–Crippen LogP) is 5.05. The zero-order valence-electron chi connectivity index (χ0n) is 17.6. The lowest BCUT2D eigenvalue weighted by atomic mass is 9.90. The summed E-state index contributed by atoms with van der Waals surface area (Å²) >= 11 is 0. The highest BCUT2D eigenvalue weighted by molar-refractivity contribution is 5.64. The molecule has 0 heterocycles. The van der Waals surface area contributed by atoms with Gasteiger partial charge in [-0.05, 0) is 37.3 Å². The second kappa shape index (κ2) is 9.58. The summed E-state index contributed by atoms with van der Waals surface area (Å²) in [4.78, 5) is 4.35. The van der Waals surface area contributed by atoms with Crippen molar-refractivity contribution >= 4 is 0 Å². The van der Waals surface area contributed by atoms with E-state index in [0.717, 1.165) is 37.3 Å². The van der Waals surface area contributed by atoms with Gasteiger partial charge in [0.1, 0.15) is 0 Å². The van der Waals surface area contributed by atoms with E-state index in [2.05, 4.69) is 16.7 Å². The van der Waals surface area contributed by atoms with Crippen LogP contribution in [-0.2, 0) is 12.1 Å². The monoisotopic (exact) mass is 448 g/mol. The molecule has 0 amide bonds. The molecule has 9 heteroatoms. The maximum absolute atomic E-state index is 13.0. The van der Waals surface area contributed by atoms with Gasteiger partial charge in [0.15, 0.2) is 0 Å². The molecule has 0 fully saturated rings. The quantitative estimate of drug-likeness (QED) is 0.573. The first-order valence-corrected chi connectivity index (χ1v) is 9.72. The summed E-state index contributed by atoms with van der Waals surface area (Å²) < 4.78 is 78.0. The number of benzene rings is 2. The molecule has 0 radical (unpaired) electrons. The molecular formula is C22H26F6N2O. The van der Waals surface area contributed by atoms with Crippen molar-refractivity contribution in [1.82, 2.24) is 9.80 Å². The Morgan fingerprint density at radius 1 is 0.710 bits per heavy atom. The normalized spacial score (nSPS) is 13.3. The van der Waals surface area contributed by atoms with Crippen molar-refractivity contribution in [2.24, 2.45) is 0 Å². The van der Waals surface area contributed by atoms with E-state index in [0.29, 0.717) is 29.8 Å². The SMILES string of the molecule is CCN(C)CCN(C)Cc1ccc(-c2ccc(C(O)(C(F)(F)F)C(F)(F)F)cc2)cc1. The minimum absolute atomic E-state index is 0.444. The molecule has 2 rings (SSSR count). The van der Waals surface area contributed by atoms with Crippen LogP contribution in [0.5, 0.6) is 0 Å². The largest absolute Gasteiger partial charge is 0.430 e. The van der Waals surface area contributed by atoms with Gasteiger partial charge in [0.05, 0.1) is 0 Å². The summed E-state index contributed by atoms with van der Waals surface area (Å²) in [5.41, 5.74) is -4.07. The molecule has 0 atom stereocenters. The summed E-state index contributed by atoms with van der Waals surface area (Å²) in [6.07, 6.45) is -11.8. The van der Waals surface area contributed by atoms with Crippen molar-refractivity contribution < 1.29 is 31.4 Å². The summed E-state index contributed by atoms with van der Waals surface area (Å²) in [6, 6.07) is 10.8. The zero-order valence-corrected chi connectivity index (χ0v) is 17.6. The first-order valence-electron chi connectivity index (χ1n) is 9.72. The van der Waals surface area contributed by atoms with Crippen LogP contribution in [0.25, 0.3) is 11.1 Å². The Morgan fingerprint density at radius 2 is 1.13 bits per heavy atom. The summed E-state index contributed by atoms with van der Waals surface area (Å²) in [5.74, 6) is 0. The van der Waals surface area contributed by atoms with Crippen LogP contribution >= 0.6 is 0 Å². The van der Waals surface area contributed by atoms with Gasteiger partial charge in [0.2, 0.25) is 0 Å². The molecule has 0 saturated carbocycles. The van der Waals surface area contributed by atoms with Crippen molar-refractivity contribution in [3.63, 3.8) is 0 Å². The van der Waals surface area contributed by atoms with Crippen molar-refractivity contribution in [3.05, 3.63) is 59.7 Å². The zero-order chi connectivity index (χ0) is 23.4.